The van der Waals surface area contributed by atoms with Crippen molar-refractivity contribution in [3.05, 3.63) is 29.8 Å². The van der Waals surface area contributed by atoms with E-state index in [-0.39, 0.29) is 5.91 Å². The fourth-order valence-corrected chi connectivity index (χ4v) is 4.94. The van der Waals surface area contributed by atoms with Gasteiger partial charge in [0, 0.05) is 37.7 Å². The fourth-order valence-electron chi connectivity index (χ4n) is 4.94. The summed E-state index contributed by atoms with van der Waals surface area (Å²) in [6, 6.07) is 8.08. The van der Waals surface area contributed by atoms with Gasteiger partial charge in [0.25, 0.3) is 0 Å². The number of para-hydroxylation sites is 1. The molecule has 1 aromatic rings. The second-order valence-corrected chi connectivity index (χ2v) is 7.65. The van der Waals surface area contributed by atoms with Crippen LogP contribution < -0.4 is 4.74 Å². The van der Waals surface area contributed by atoms with Crippen molar-refractivity contribution in [1.82, 2.24) is 9.80 Å². The number of carbonyl (C=O) groups excluding carboxylic acids is 2. The SMILES string of the molecule is COc1ccccc1CC(=O)N1CC2CC(C1)C1CCCC(=O)N1C2. The van der Waals surface area contributed by atoms with Gasteiger partial charge < -0.3 is 14.5 Å². The first-order chi connectivity index (χ1) is 12.2. The van der Waals surface area contributed by atoms with Gasteiger partial charge in [-0.2, -0.15) is 0 Å². The third kappa shape index (κ3) is 3.12. The molecule has 0 spiro atoms. The summed E-state index contributed by atoms with van der Waals surface area (Å²) in [5.74, 6) is 2.14. The van der Waals surface area contributed by atoms with Gasteiger partial charge in [0.05, 0.1) is 13.5 Å². The van der Waals surface area contributed by atoms with Crippen LogP contribution in [0.2, 0.25) is 0 Å². The number of piperidine rings is 3. The van der Waals surface area contributed by atoms with Gasteiger partial charge in [-0.25, -0.2) is 0 Å². The molecule has 0 aromatic heterocycles. The number of rotatable bonds is 3. The monoisotopic (exact) mass is 342 g/mol. The number of carbonyl (C=O) groups is 2. The van der Waals surface area contributed by atoms with Crippen molar-refractivity contribution in [2.75, 3.05) is 26.7 Å². The Bertz CT molecular complexity index is 675. The maximum Gasteiger partial charge on any atom is 0.227 e. The van der Waals surface area contributed by atoms with Gasteiger partial charge in [0.1, 0.15) is 5.75 Å². The van der Waals surface area contributed by atoms with Crippen LogP contribution >= 0.6 is 0 Å². The molecule has 5 heteroatoms. The third-order valence-electron chi connectivity index (χ3n) is 6.07. The molecule has 134 valence electrons. The van der Waals surface area contributed by atoms with Crippen molar-refractivity contribution < 1.29 is 14.3 Å². The summed E-state index contributed by atoms with van der Waals surface area (Å²) in [4.78, 5) is 29.2. The van der Waals surface area contributed by atoms with Crippen LogP contribution in [0.3, 0.4) is 0 Å². The molecule has 25 heavy (non-hydrogen) atoms. The number of hydrogen-bond acceptors (Lipinski definition) is 3. The lowest BCUT2D eigenvalue weighted by Gasteiger charge is -2.52. The van der Waals surface area contributed by atoms with Crippen molar-refractivity contribution in [1.29, 1.82) is 0 Å². The summed E-state index contributed by atoms with van der Waals surface area (Å²) in [6.07, 6.45) is 4.34. The van der Waals surface area contributed by atoms with E-state index in [4.69, 9.17) is 4.74 Å². The van der Waals surface area contributed by atoms with Crippen molar-refractivity contribution in [2.24, 2.45) is 11.8 Å². The van der Waals surface area contributed by atoms with E-state index < -0.39 is 0 Å². The first kappa shape index (κ1) is 16.4. The van der Waals surface area contributed by atoms with E-state index in [1.165, 1.54) is 0 Å². The van der Waals surface area contributed by atoms with E-state index in [2.05, 4.69) is 4.90 Å². The predicted octanol–water partition coefficient (Wildman–Crippen LogP) is 2.10. The zero-order valence-corrected chi connectivity index (χ0v) is 14.8. The second-order valence-electron chi connectivity index (χ2n) is 7.65. The van der Waals surface area contributed by atoms with Gasteiger partial charge in [0.15, 0.2) is 0 Å². The molecule has 3 saturated heterocycles. The lowest BCUT2D eigenvalue weighted by Crippen LogP contribution is -2.61. The number of likely N-dealkylation sites (tertiary alicyclic amines) is 1. The topological polar surface area (TPSA) is 49.9 Å². The number of hydrogen-bond donors (Lipinski definition) is 0. The number of benzene rings is 1. The highest BCUT2D eigenvalue weighted by molar-refractivity contribution is 5.80. The maximum absolute atomic E-state index is 12.9. The summed E-state index contributed by atoms with van der Waals surface area (Å²) >= 11 is 0. The van der Waals surface area contributed by atoms with Crippen molar-refractivity contribution in [3.8, 4) is 5.75 Å². The zero-order chi connectivity index (χ0) is 17.4. The van der Waals surface area contributed by atoms with Crippen LogP contribution in [-0.2, 0) is 16.0 Å². The predicted molar refractivity (Wildman–Crippen MR) is 94.2 cm³/mol. The smallest absolute Gasteiger partial charge is 0.227 e. The third-order valence-corrected chi connectivity index (χ3v) is 6.07. The average Bonchev–Trinajstić information content (AvgIpc) is 2.63. The first-order valence-corrected chi connectivity index (χ1v) is 9.35. The van der Waals surface area contributed by atoms with Gasteiger partial charge in [-0.15, -0.1) is 0 Å². The Morgan fingerprint density at radius 2 is 2.08 bits per heavy atom. The molecule has 0 saturated carbocycles. The summed E-state index contributed by atoms with van der Waals surface area (Å²) in [5, 5.41) is 0. The average molecular weight is 342 g/mol. The lowest BCUT2D eigenvalue weighted by atomic mass is 9.76. The molecule has 5 nitrogen and oxygen atoms in total. The molecule has 2 amide bonds. The molecule has 1 aromatic carbocycles. The van der Waals surface area contributed by atoms with Crippen molar-refractivity contribution >= 4 is 11.8 Å². The molecule has 3 fully saturated rings. The highest BCUT2D eigenvalue weighted by Crippen LogP contribution is 2.38. The molecule has 3 atom stereocenters. The van der Waals surface area contributed by atoms with Gasteiger partial charge >= 0.3 is 0 Å². The van der Waals surface area contributed by atoms with Gasteiger partial charge in [0.2, 0.25) is 11.8 Å². The Hall–Kier alpha value is -2.04. The molecular formula is C20H26N2O3. The minimum atomic E-state index is 0.176. The molecule has 0 radical (unpaired) electrons. The van der Waals surface area contributed by atoms with Crippen LogP contribution in [0, 0.1) is 11.8 Å². The lowest BCUT2D eigenvalue weighted by molar-refractivity contribution is -0.148. The minimum absolute atomic E-state index is 0.176. The van der Waals surface area contributed by atoms with Gasteiger partial charge in [-0.05, 0) is 37.2 Å². The standard InChI is InChI=1S/C20H26N2O3/c1-25-18-7-3-2-5-15(18)10-20(24)21-11-14-9-16(13-21)17-6-4-8-19(23)22(17)12-14/h2-3,5,7,14,16-17H,4,6,8-13H2,1H3. The van der Waals surface area contributed by atoms with Gasteiger partial charge in [-0.1, -0.05) is 18.2 Å². The van der Waals surface area contributed by atoms with Gasteiger partial charge in [-0.3, -0.25) is 9.59 Å². The largest absolute Gasteiger partial charge is 0.496 e. The van der Waals surface area contributed by atoms with E-state index in [1.807, 2.05) is 29.2 Å². The molecule has 3 aliphatic rings. The van der Waals surface area contributed by atoms with Crippen LogP contribution in [0.15, 0.2) is 24.3 Å². The molecule has 0 N–H and O–H groups in total. The maximum atomic E-state index is 12.9. The zero-order valence-electron chi connectivity index (χ0n) is 14.8. The van der Waals surface area contributed by atoms with Crippen LogP contribution in [-0.4, -0.2) is 54.4 Å². The van der Waals surface area contributed by atoms with Crippen LogP contribution in [0.4, 0.5) is 0 Å². The number of fused-ring (bicyclic) bond motifs is 4. The number of amides is 2. The number of nitrogens with zero attached hydrogens (tertiary/aromatic N) is 2. The van der Waals surface area contributed by atoms with E-state index in [0.29, 0.717) is 36.6 Å². The normalized spacial score (nSPS) is 28.5. The highest BCUT2D eigenvalue weighted by Gasteiger charge is 2.44. The molecule has 2 bridgehead atoms. The Morgan fingerprint density at radius 1 is 1.24 bits per heavy atom. The number of ether oxygens (including phenoxy) is 1. The minimum Gasteiger partial charge on any atom is -0.496 e. The quantitative estimate of drug-likeness (QED) is 0.845. The van der Waals surface area contributed by atoms with Crippen LogP contribution in [0.25, 0.3) is 0 Å². The van der Waals surface area contributed by atoms with E-state index in [9.17, 15) is 9.59 Å². The second kappa shape index (κ2) is 6.70. The summed E-state index contributed by atoms with van der Waals surface area (Å²) in [6.45, 7) is 2.40. The highest BCUT2D eigenvalue weighted by atomic mass is 16.5. The van der Waals surface area contributed by atoms with E-state index >= 15 is 0 Å². The molecule has 3 aliphatic heterocycles. The first-order valence-electron chi connectivity index (χ1n) is 9.35. The molecular weight excluding hydrogens is 316 g/mol. The molecule has 4 rings (SSSR count). The molecule has 3 unspecified atom stereocenters. The molecule has 3 heterocycles. The fraction of sp³-hybridized carbons (Fsp3) is 0.600. The van der Waals surface area contributed by atoms with Crippen LogP contribution in [0.5, 0.6) is 5.75 Å². The summed E-state index contributed by atoms with van der Waals surface area (Å²) in [5.41, 5.74) is 0.945. The Morgan fingerprint density at radius 3 is 2.92 bits per heavy atom. The summed E-state index contributed by atoms with van der Waals surface area (Å²) < 4.78 is 5.38. The summed E-state index contributed by atoms with van der Waals surface area (Å²) in [7, 11) is 1.64. The van der Waals surface area contributed by atoms with Crippen molar-refractivity contribution in [3.63, 3.8) is 0 Å². The number of methoxy groups -OCH3 is 1. The van der Waals surface area contributed by atoms with E-state index in [1.54, 1.807) is 7.11 Å². The van der Waals surface area contributed by atoms with Crippen LogP contribution in [0.1, 0.15) is 31.2 Å². The Kier molecular flexibility index (Phi) is 4.40. The molecule has 0 aliphatic carbocycles. The van der Waals surface area contributed by atoms with Crippen molar-refractivity contribution in [2.45, 2.75) is 38.1 Å². The van der Waals surface area contributed by atoms with E-state index in [0.717, 1.165) is 50.2 Å². The Balaban J connectivity index is 1.46. The Labute approximate surface area is 148 Å².